The monoisotopic (exact) mass is 806 g/mol. The molecule has 0 unspecified atom stereocenters. The maximum atomic E-state index is 13.3. The Kier molecular flexibility index (Phi) is 10.5. The zero-order valence-electron chi connectivity index (χ0n) is 29.8. The van der Waals surface area contributed by atoms with E-state index >= 15 is 0 Å². The molecule has 0 bridgehead atoms. The predicted molar refractivity (Wildman–Crippen MR) is 204 cm³/mol. The normalized spacial score (nSPS) is 13.7. The topological polar surface area (TPSA) is 112 Å². The number of rotatable bonds is 4. The molecule has 3 aliphatic heterocycles. The molecule has 0 aromatic heterocycles. The Hall–Kier alpha value is -6.60. The van der Waals surface area contributed by atoms with Gasteiger partial charge in [-0.1, -0.05) is 76.6 Å². The number of hydrogen-bond acceptors (Lipinski definition) is 6. The molecule has 3 aliphatic rings. The summed E-state index contributed by atoms with van der Waals surface area (Å²) in [4.78, 5) is 78.0. The van der Waals surface area contributed by atoms with Gasteiger partial charge in [0, 0.05) is 50.9 Å². The molecule has 9 nitrogen and oxygen atoms in total. The molecule has 0 saturated carbocycles. The fraction of sp³-hybridized carbons (Fsp3) is 0.0435. The van der Waals surface area contributed by atoms with Crippen molar-refractivity contribution in [2.45, 2.75) is 6.42 Å². The third-order valence-electron chi connectivity index (χ3n) is 9.47. The standard InChI is InChI=1S/C37H21N2O4.C9H6NO2.Y/c40-34-30-8-4-5-9-31(30)35(41)38(34)28-17-12-25(13-18-28)22-26-14-19-29(20-15-26)39-36(42)32-21-16-27(23-33(32)37(39)43)11-10-24-6-2-1-3-7-24;1-10-8(11)6-4-2-3-5-7(6)9(10)12;/h1-4,6-9,12-21,23H,22H2;2,4-5H,1H3;/q2*-1;. The van der Waals surface area contributed by atoms with E-state index in [2.05, 4.69) is 24.0 Å². The molecule has 0 fully saturated rings. The van der Waals surface area contributed by atoms with Crippen molar-refractivity contribution in [3.8, 4) is 11.8 Å². The second-order valence-electron chi connectivity index (χ2n) is 12.9. The van der Waals surface area contributed by atoms with Crippen molar-refractivity contribution in [1.82, 2.24) is 4.90 Å². The number of hydrogen-bond donors (Lipinski definition) is 0. The van der Waals surface area contributed by atoms with Crippen molar-refractivity contribution >= 4 is 46.8 Å². The van der Waals surface area contributed by atoms with Gasteiger partial charge in [-0.25, -0.2) is 4.90 Å². The molecule has 9 rings (SSSR count). The summed E-state index contributed by atoms with van der Waals surface area (Å²) >= 11 is 0. The summed E-state index contributed by atoms with van der Waals surface area (Å²) in [5, 5.41) is 0. The van der Waals surface area contributed by atoms with Crippen LogP contribution in [0.1, 0.15) is 84.4 Å². The number of carbonyl (C=O) groups is 6. The number of carbonyl (C=O) groups excluding carboxylic acids is 6. The molecular weight excluding hydrogens is 779 g/mol. The van der Waals surface area contributed by atoms with Crippen molar-refractivity contribution < 1.29 is 61.5 Å². The van der Waals surface area contributed by atoms with Crippen LogP contribution in [0.25, 0.3) is 0 Å². The molecule has 0 saturated heterocycles. The Balaban J connectivity index is 0.000000315. The SMILES string of the molecule is CN1C(=O)c2c[c-]ccc2C1=O.O=C1c2c[c-]ccc2C(=O)N1c1ccc(Cc2ccc(N3C(=O)c4ccc(C#Cc5ccccc5)cc4C3=O)cc2)cc1.[Y]. The van der Waals surface area contributed by atoms with E-state index in [-0.39, 0.29) is 68.2 Å². The number of fused-ring (bicyclic) bond motifs is 3. The Morgan fingerprint density at radius 1 is 0.464 bits per heavy atom. The molecule has 3 heterocycles. The number of amides is 6. The van der Waals surface area contributed by atoms with Crippen molar-refractivity contribution in [3.05, 3.63) is 201 Å². The summed E-state index contributed by atoms with van der Waals surface area (Å²) in [6.07, 6.45) is 0.587. The molecule has 0 spiro atoms. The summed E-state index contributed by atoms with van der Waals surface area (Å²) in [7, 11) is 1.48. The molecule has 267 valence electrons. The van der Waals surface area contributed by atoms with Crippen LogP contribution in [0.4, 0.5) is 11.4 Å². The quantitative estimate of drug-likeness (QED) is 0.110. The van der Waals surface area contributed by atoms with Crippen molar-refractivity contribution in [2.24, 2.45) is 0 Å². The van der Waals surface area contributed by atoms with Crippen LogP contribution in [0.5, 0.6) is 0 Å². The van der Waals surface area contributed by atoms with Crippen LogP contribution in [0.3, 0.4) is 0 Å². The first-order chi connectivity index (χ1) is 26.7. The van der Waals surface area contributed by atoms with E-state index in [9.17, 15) is 28.8 Å². The van der Waals surface area contributed by atoms with Crippen LogP contribution in [0.15, 0.2) is 133 Å². The van der Waals surface area contributed by atoms with Gasteiger partial charge < -0.3 is 0 Å². The summed E-state index contributed by atoms with van der Waals surface area (Å²) in [5.74, 6) is 4.23. The van der Waals surface area contributed by atoms with Crippen LogP contribution >= 0.6 is 0 Å². The first-order valence-corrected chi connectivity index (χ1v) is 17.2. The summed E-state index contributed by atoms with van der Waals surface area (Å²) in [6, 6.07) is 44.3. The predicted octanol–water partition coefficient (Wildman–Crippen LogP) is 6.79. The second-order valence-corrected chi connectivity index (χ2v) is 12.9. The Bertz CT molecular complexity index is 2590. The van der Waals surface area contributed by atoms with E-state index in [0.29, 0.717) is 56.7 Å². The van der Waals surface area contributed by atoms with E-state index in [1.807, 2.05) is 54.6 Å². The smallest absolute Gasteiger partial charge is 0.266 e. The van der Waals surface area contributed by atoms with Crippen LogP contribution in [0.2, 0.25) is 0 Å². The van der Waals surface area contributed by atoms with Gasteiger partial charge in [0.1, 0.15) is 0 Å². The molecule has 6 aromatic rings. The molecule has 0 N–H and O–H groups in total. The summed E-state index contributed by atoms with van der Waals surface area (Å²) in [6.45, 7) is 0. The van der Waals surface area contributed by atoms with E-state index in [0.717, 1.165) is 21.6 Å². The first-order valence-electron chi connectivity index (χ1n) is 17.2. The van der Waals surface area contributed by atoms with Gasteiger partial charge in [0.15, 0.2) is 0 Å². The van der Waals surface area contributed by atoms with Crippen molar-refractivity contribution in [3.63, 3.8) is 0 Å². The third kappa shape index (κ3) is 6.93. The number of anilines is 2. The van der Waals surface area contributed by atoms with E-state index < -0.39 is 0 Å². The molecule has 6 aromatic carbocycles. The molecule has 10 heteroatoms. The van der Waals surface area contributed by atoms with Crippen molar-refractivity contribution in [1.29, 1.82) is 0 Å². The fourth-order valence-corrected chi connectivity index (χ4v) is 6.59. The Labute approximate surface area is 347 Å². The average molecular weight is 807 g/mol. The van der Waals surface area contributed by atoms with Gasteiger partial charge in [0.2, 0.25) is 23.6 Å². The molecular formula is C46H27N3O6Y-2. The Morgan fingerprint density at radius 3 is 1.45 bits per heavy atom. The van der Waals surface area contributed by atoms with Crippen LogP contribution in [-0.2, 0) is 39.1 Å². The molecule has 0 atom stereocenters. The largest absolute Gasteiger partial charge is 0.290 e. The second kappa shape index (κ2) is 15.6. The van der Waals surface area contributed by atoms with Crippen LogP contribution in [0, 0.1) is 24.0 Å². The minimum Gasteiger partial charge on any atom is -0.290 e. The minimum atomic E-state index is -0.377. The third-order valence-corrected chi connectivity index (χ3v) is 9.47. The zero-order chi connectivity index (χ0) is 38.2. The summed E-state index contributed by atoms with van der Waals surface area (Å²) < 4.78 is 0. The van der Waals surface area contributed by atoms with Gasteiger partial charge in [-0.3, -0.25) is 38.6 Å². The van der Waals surface area contributed by atoms with Gasteiger partial charge in [-0.05, 0) is 72.1 Å². The van der Waals surface area contributed by atoms with E-state index in [1.54, 1.807) is 72.8 Å². The molecule has 56 heavy (non-hydrogen) atoms. The van der Waals surface area contributed by atoms with Crippen LogP contribution in [-0.4, -0.2) is 47.4 Å². The van der Waals surface area contributed by atoms with E-state index in [1.165, 1.54) is 22.9 Å². The van der Waals surface area contributed by atoms with Gasteiger partial charge in [-0.15, -0.1) is 0 Å². The maximum Gasteiger partial charge on any atom is 0.266 e. The van der Waals surface area contributed by atoms with Gasteiger partial charge >= 0.3 is 0 Å². The minimum absolute atomic E-state index is 0. The number of benzene rings is 6. The van der Waals surface area contributed by atoms with Gasteiger partial charge in [-0.2, -0.15) is 48.5 Å². The van der Waals surface area contributed by atoms with Crippen LogP contribution < -0.4 is 9.80 Å². The molecule has 6 amide bonds. The van der Waals surface area contributed by atoms with Gasteiger partial charge in [0.05, 0.1) is 22.5 Å². The zero-order valence-corrected chi connectivity index (χ0v) is 32.6. The van der Waals surface area contributed by atoms with Crippen molar-refractivity contribution in [2.75, 3.05) is 16.8 Å². The molecule has 1 radical (unpaired) electrons. The molecule has 0 aliphatic carbocycles. The fourth-order valence-electron chi connectivity index (χ4n) is 6.59. The number of nitrogens with zero attached hydrogens (tertiary/aromatic N) is 3. The maximum absolute atomic E-state index is 13.3. The summed E-state index contributed by atoms with van der Waals surface area (Å²) in [5.41, 5.74) is 6.82. The number of imide groups is 3. The van der Waals surface area contributed by atoms with Gasteiger partial charge in [0.25, 0.3) is 11.8 Å². The Morgan fingerprint density at radius 2 is 0.911 bits per heavy atom. The van der Waals surface area contributed by atoms with E-state index in [4.69, 9.17) is 0 Å². The first kappa shape index (κ1) is 37.7. The average Bonchev–Trinajstić information content (AvgIpc) is 3.72.